The largest absolute Gasteiger partial charge is 0.451 e. The number of alkyl carbamates (subject to hydrolysis) is 1. The zero-order valence-electron chi connectivity index (χ0n) is 24.8. The zero-order valence-corrected chi connectivity index (χ0v) is 25.6. The Morgan fingerprint density at radius 2 is 1.41 bits per heavy atom. The predicted octanol–water partition coefficient (Wildman–Crippen LogP) is 4.91. The molecule has 0 aliphatic carbocycles. The quantitative estimate of drug-likeness (QED) is 0.211. The fourth-order valence-electron chi connectivity index (χ4n) is 5.19. The average molecular weight is 614 g/mol. The second-order valence-electron chi connectivity index (χ2n) is 11.6. The minimum Gasteiger partial charge on any atom is -0.451 e. The second-order valence-corrected chi connectivity index (χ2v) is 12.7. The number of hydrogen-bond donors (Lipinski definition) is 2. The van der Waals surface area contributed by atoms with Gasteiger partial charge in [0.15, 0.2) is 12.1 Å². The first-order valence-corrected chi connectivity index (χ1v) is 15.3. The van der Waals surface area contributed by atoms with Crippen LogP contribution in [0.3, 0.4) is 0 Å². The first-order chi connectivity index (χ1) is 21.0. The van der Waals surface area contributed by atoms with E-state index in [1.54, 1.807) is 51.1 Å². The van der Waals surface area contributed by atoms with Gasteiger partial charge in [-0.25, -0.2) is 9.59 Å². The number of amides is 3. The molecule has 0 spiro atoms. The Bertz CT molecular complexity index is 1490. The summed E-state index contributed by atoms with van der Waals surface area (Å²) >= 11 is 1.41. The number of esters is 1. The number of benzene rings is 3. The van der Waals surface area contributed by atoms with Crippen molar-refractivity contribution in [3.63, 3.8) is 0 Å². The highest BCUT2D eigenvalue weighted by Crippen LogP contribution is 2.41. The van der Waals surface area contributed by atoms with E-state index in [4.69, 9.17) is 9.47 Å². The zero-order chi connectivity index (χ0) is 31.4. The minimum atomic E-state index is -1.10. The molecular weight excluding hydrogens is 578 g/mol. The summed E-state index contributed by atoms with van der Waals surface area (Å²) in [5.74, 6) is -1.19. The maximum Gasteiger partial charge on any atom is 0.408 e. The highest BCUT2D eigenvalue weighted by molar-refractivity contribution is 8.00. The number of rotatable bonds is 8. The normalized spacial score (nSPS) is 20.2. The van der Waals surface area contributed by atoms with E-state index in [0.29, 0.717) is 16.9 Å². The number of carbonyl (C=O) groups excluding carboxylic acids is 4. The van der Waals surface area contributed by atoms with Crippen molar-refractivity contribution in [3.8, 4) is 0 Å². The van der Waals surface area contributed by atoms with Crippen LogP contribution < -0.4 is 10.6 Å². The number of hydrogen-bond acceptors (Lipinski definition) is 7. The molecule has 1 unspecified atom stereocenters. The molecule has 2 N–H and O–H groups in total. The first-order valence-electron chi connectivity index (χ1n) is 14.3. The molecule has 0 radical (unpaired) electrons. The van der Waals surface area contributed by atoms with Gasteiger partial charge in [-0.1, -0.05) is 97.6 Å². The van der Waals surface area contributed by atoms with Crippen molar-refractivity contribution in [2.24, 2.45) is 0 Å². The SMILES string of the molecule is C=C1CS[C@@H]2[C@H](NC(=O)C(NC(=O)OC(C)(C)C)c3ccccc3)C(=O)N2[C@H]1C(=O)OC(c1ccccc1)c1ccccc1. The topological polar surface area (TPSA) is 114 Å². The van der Waals surface area contributed by atoms with Crippen molar-refractivity contribution < 1.29 is 28.7 Å². The molecule has 3 amide bonds. The molecule has 44 heavy (non-hydrogen) atoms. The van der Waals surface area contributed by atoms with Gasteiger partial charge in [0, 0.05) is 5.75 Å². The van der Waals surface area contributed by atoms with Crippen molar-refractivity contribution in [2.45, 2.75) is 56.0 Å². The molecule has 2 fully saturated rings. The predicted molar refractivity (Wildman–Crippen MR) is 167 cm³/mol. The molecular formula is C34H35N3O6S. The number of fused-ring (bicyclic) bond motifs is 1. The number of nitrogens with zero attached hydrogens (tertiary/aromatic N) is 1. The molecule has 0 saturated carbocycles. The van der Waals surface area contributed by atoms with E-state index >= 15 is 0 Å². The van der Waals surface area contributed by atoms with Gasteiger partial charge in [-0.05, 0) is 43.0 Å². The fraction of sp³-hybridized carbons (Fsp3) is 0.294. The van der Waals surface area contributed by atoms with Crippen molar-refractivity contribution >= 4 is 35.6 Å². The lowest BCUT2D eigenvalue weighted by Crippen LogP contribution is -2.75. The van der Waals surface area contributed by atoms with Crippen LogP contribution in [0.1, 0.15) is 49.6 Å². The first kappa shape index (κ1) is 30.9. The lowest BCUT2D eigenvalue weighted by atomic mass is 9.97. The summed E-state index contributed by atoms with van der Waals surface area (Å²) in [5.41, 5.74) is 1.89. The van der Waals surface area contributed by atoms with E-state index in [2.05, 4.69) is 17.2 Å². The lowest BCUT2D eigenvalue weighted by Gasteiger charge is -2.53. The fourth-order valence-corrected chi connectivity index (χ4v) is 6.50. The molecule has 2 heterocycles. The maximum atomic E-state index is 13.7. The summed E-state index contributed by atoms with van der Waals surface area (Å²) in [6.07, 6.45) is -1.44. The van der Waals surface area contributed by atoms with Crippen molar-refractivity contribution in [3.05, 3.63) is 120 Å². The van der Waals surface area contributed by atoms with Crippen LogP contribution in [0.2, 0.25) is 0 Å². The standard InChI is InChI=1S/C34H35N3O6S/c1-21-20-44-31-26(35-29(38)25(22-14-8-5-9-15-22)36-33(41)43-34(2,3)4)30(39)37(31)27(21)32(40)42-28(23-16-10-6-11-17-23)24-18-12-7-13-19-24/h5-19,25-28,31H,1,20H2,2-4H3,(H,35,38)(H,36,41)/t25?,26-,27-,31-/m1/s1. The molecule has 2 aliphatic rings. The van der Waals surface area contributed by atoms with E-state index < -0.39 is 59.1 Å². The van der Waals surface area contributed by atoms with Crippen LogP contribution in [-0.4, -0.2) is 57.6 Å². The summed E-state index contributed by atoms with van der Waals surface area (Å²) in [6, 6.07) is 24.5. The van der Waals surface area contributed by atoms with E-state index in [1.807, 2.05) is 60.7 Å². The second kappa shape index (κ2) is 13.0. The summed E-state index contributed by atoms with van der Waals surface area (Å²) in [4.78, 5) is 54.8. The molecule has 5 rings (SSSR count). The Balaban J connectivity index is 1.32. The lowest BCUT2D eigenvalue weighted by molar-refractivity contribution is -0.165. The van der Waals surface area contributed by atoms with Crippen LogP contribution in [0, 0.1) is 0 Å². The van der Waals surface area contributed by atoms with Gasteiger partial charge in [-0.2, -0.15) is 0 Å². The molecule has 2 saturated heterocycles. The van der Waals surface area contributed by atoms with E-state index in [0.717, 1.165) is 11.1 Å². The molecule has 3 aromatic rings. The third kappa shape index (κ3) is 6.81. The Hall–Kier alpha value is -4.57. The van der Waals surface area contributed by atoms with Gasteiger partial charge < -0.3 is 25.0 Å². The van der Waals surface area contributed by atoms with Gasteiger partial charge in [0.25, 0.3) is 0 Å². The van der Waals surface area contributed by atoms with Crippen LogP contribution in [0.5, 0.6) is 0 Å². The van der Waals surface area contributed by atoms with Crippen molar-refractivity contribution in [1.82, 2.24) is 15.5 Å². The molecule has 4 atom stereocenters. The number of thioether (sulfide) groups is 1. The van der Waals surface area contributed by atoms with Gasteiger partial charge in [0.2, 0.25) is 11.8 Å². The summed E-state index contributed by atoms with van der Waals surface area (Å²) in [7, 11) is 0. The van der Waals surface area contributed by atoms with Crippen molar-refractivity contribution in [2.75, 3.05) is 5.75 Å². The number of carbonyl (C=O) groups is 4. The van der Waals surface area contributed by atoms with Gasteiger partial charge in [-0.15, -0.1) is 11.8 Å². The number of ether oxygens (including phenoxy) is 2. The molecule has 3 aromatic carbocycles. The van der Waals surface area contributed by atoms with Crippen LogP contribution in [-0.2, 0) is 23.9 Å². The van der Waals surface area contributed by atoms with Crippen molar-refractivity contribution in [1.29, 1.82) is 0 Å². The van der Waals surface area contributed by atoms with Gasteiger partial charge in [-0.3, -0.25) is 9.59 Å². The molecule has 2 aliphatic heterocycles. The summed E-state index contributed by atoms with van der Waals surface area (Å²) < 4.78 is 11.4. The highest BCUT2D eigenvalue weighted by atomic mass is 32.2. The molecule has 10 heteroatoms. The van der Waals surface area contributed by atoms with Crippen LogP contribution in [0.4, 0.5) is 4.79 Å². The number of nitrogens with one attached hydrogen (secondary N) is 2. The Kier molecular flexibility index (Phi) is 9.10. The Labute approximate surface area is 261 Å². The van der Waals surface area contributed by atoms with Crippen LogP contribution in [0.15, 0.2) is 103 Å². The Morgan fingerprint density at radius 3 is 1.93 bits per heavy atom. The molecule has 0 aromatic heterocycles. The highest BCUT2D eigenvalue weighted by Gasteiger charge is 2.57. The average Bonchev–Trinajstić information content (AvgIpc) is 3.01. The van der Waals surface area contributed by atoms with E-state index in [9.17, 15) is 19.2 Å². The summed E-state index contributed by atoms with van der Waals surface area (Å²) in [6.45, 7) is 9.25. The monoisotopic (exact) mass is 613 g/mol. The van der Waals surface area contributed by atoms with E-state index in [1.165, 1.54) is 16.7 Å². The van der Waals surface area contributed by atoms with E-state index in [-0.39, 0.29) is 0 Å². The minimum absolute atomic E-state index is 0.403. The molecule has 228 valence electrons. The van der Waals surface area contributed by atoms with Gasteiger partial charge in [0.1, 0.15) is 23.1 Å². The van der Waals surface area contributed by atoms with Crippen LogP contribution >= 0.6 is 11.8 Å². The third-order valence-corrected chi connectivity index (χ3v) is 8.58. The van der Waals surface area contributed by atoms with Gasteiger partial charge >= 0.3 is 12.1 Å². The smallest absolute Gasteiger partial charge is 0.408 e. The number of β-lactam (4-membered cyclic amide) rings is 1. The Morgan fingerprint density at radius 1 is 0.886 bits per heavy atom. The third-order valence-electron chi connectivity index (χ3n) is 7.20. The van der Waals surface area contributed by atoms with Gasteiger partial charge in [0.05, 0.1) is 0 Å². The molecule has 0 bridgehead atoms. The molecule has 9 nitrogen and oxygen atoms in total. The summed E-state index contributed by atoms with van der Waals surface area (Å²) in [5, 5.41) is 4.91. The maximum absolute atomic E-state index is 13.7. The van der Waals surface area contributed by atoms with Crippen LogP contribution in [0.25, 0.3) is 0 Å².